The van der Waals surface area contributed by atoms with Gasteiger partial charge in [-0.2, -0.15) is 5.26 Å². The van der Waals surface area contributed by atoms with Crippen molar-refractivity contribution in [1.82, 2.24) is 0 Å². The molecule has 4 heteroatoms. The van der Waals surface area contributed by atoms with E-state index in [1.807, 2.05) is 31.2 Å². The van der Waals surface area contributed by atoms with Crippen LogP contribution in [0.3, 0.4) is 0 Å². The second-order valence-electron chi connectivity index (χ2n) is 3.74. The Morgan fingerprint density at radius 3 is 2.72 bits per heavy atom. The molecule has 0 heterocycles. The van der Waals surface area contributed by atoms with Gasteiger partial charge >= 0.3 is 6.09 Å². The fraction of sp³-hybridized carbons (Fsp3) is 0.429. The summed E-state index contributed by atoms with van der Waals surface area (Å²) >= 11 is 0. The first kappa shape index (κ1) is 14.0. The van der Waals surface area contributed by atoms with Gasteiger partial charge in [0.1, 0.15) is 0 Å². The van der Waals surface area contributed by atoms with Crippen LogP contribution in [0, 0.1) is 11.3 Å². The number of anilines is 1. The zero-order valence-corrected chi connectivity index (χ0v) is 10.8. The molecule has 1 rings (SSSR count). The Morgan fingerprint density at radius 1 is 1.39 bits per heavy atom. The van der Waals surface area contributed by atoms with Crippen molar-refractivity contribution in [1.29, 1.82) is 5.26 Å². The minimum Gasteiger partial charge on any atom is -0.449 e. The average Bonchev–Trinajstić information content (AvgIpc) is 2.40. The summed E-state index contributed by atoms with van der Waals surface area (Å²) < 4.78 is 5.03. The number of hydrogen-bond donors (Lipinski definition) is 0. The largest absolute Gasteiger partial charge is 0.449 e. The van der Waals surface area contributed by atoms with Gasteiger partial charge in [0.25, 0.3) is 0 Å². The molecule has 0 aliphatic rings. The van der Waals surface area contributed by atoms with Crippen molar-refractivity contribution < 1.29 is 9.53 Å². The molecule has 18 heavy (non-hydrogen) atoms. The van der Waals surface area contributed by atoms with Crippen LogP contribution in [0.5, 0.6) is 0 Å². The number of nitriles is 1. The molecule has 0 saturated carbocycles. The van der Waals surface area contributed by atoms with E-state index in [2.05, 4.69) is 6.07 Å². The highest BCUT2D eigenvalue weighted by molar-refractivity contribution is 5.88. The van der Waals surface area contributed by atoms with E-state index in [1.165, 1.54) is 4.90 Å². The van der Waals surface area contributed by atoms with Crippen molar-refractivity contribution in [2.75, 3.05) is 18.1 Å². The van der Waals surface area contributed by atoms with Gasteiger partial charge < -0.3 is 4.74 Å². The van der Waals surface area contributed by atoms with Crippen molar-refractivity contribution in [2.24, 2.45) is 0 Å². The summed E-state index contributed by atoms with van der Waals surface area (Å²) in [6.07, 6.45) is 0.726. The zero-order valence-electron chi connectivity index (χ0n) is 10.8. The molecule has 1 aromatic rings. The van der Waals surface area contributed by atoms with E-state index in [0.717, 1.165) is 17.7 Å². The molecule has 4 nitrogen and oxygen atoms in total. The van der Waals surface area contributed by atoms with E-state index in [1.54, 1.807) is 6.92 Å². The number of aryl methyl sites for hydroxylation is 1. The quantitative estimate of drug-likeness (QED) is 0.802. The summed E-state index contributed by atoms with van der Waals surface area (Å²) in [5.41, 5.74) is 1.90. The average molecular weight is 246 g/mol. The summed E-state index contributed by atoms with van der Waals surface area (Å²) in [6.45, 7) is 4.49. The molecule has 0 aromatic heterocycles. The van der Waals surface area contributed by atoms with Crippen LogP contribution in [0.4, 0.5) is 10.5 Å². The number of amides is 1. The topological polar surface area (TPSA) is 53.3 Å². The first-order chi connectivity index (χ1) is 8.74. The fourth-order valence-corrected chi connectivity index (χ4v) is 1.75. The second-order valence-corrected chi connectivity index (χ2v) is 3.74. The van der Waals surface area contributed by atoms with Crippen LogP contribution in [0.1, 0.15) is 25.8 Å². The van der Waals surface area contributed by atoms with E-state index in [9.17, 15) is 4.79 Å². The Balaban J connectivity index is 3.01. The smallest absolute Gasteiger partial charge is 0.414 e. The van der Waals surface area contributed by atoms with Gasteiger partial charge in [-0.15, -0.1) is 0 Å². The zero-order chi connectivity index (χ0) is 13.4. The molecule has 1 aromatic carbocycles. The van der Waals surface area contributed by atoms with Crippen LogP contribution in [-0.4, -0.2) is 19.2 Å². The molecular weight excluding hydrogens is 228 g/mol. The highest BCUT2D eigenvalue weighted by Crippen LogP contribution is 2.22. The number of hydrogen-bond acceptors (Lipinski definition) is 3. The van der Waals surface area contributed by atoms with Gasteiger partial charge in [0.05, 0.1) is 24.8 Å². The summed E-state index contributed by atoms with van der Waals surface area (Å²) in [5, 5.41) is 8.67. The Bertz CT molecular complexity index is 438. The third kappa shape index (κ3) is 3.49. The monoisotopic (exact) mass is 246 g/mol. The SMILES string of the molecule is CCOC(=O)N(CCC#N)c1ccccc1CC. The van der Waals surface area contributed by atoms with Crippen molar-refractivity contribution in [2.45, 2.75) is 26.7 Å². The second kappa shape index (κ2) is 7.33. The normalized spacial score (nSPS) is 9.61. The van der Waals surface area contributed by atoms with Crippen LogP contribution in [0.2, 0.25) is 0 Å². The van der Waals surface area contributed by atoms with Gasteiger partial charge in [0.15, 0.2) is 0 Å². The summed E-state index contributed by atoms with van der Waals surface area (Å²) in [7, 11) is 0. The van der Waals surface area contributed by atoms with Gasteiger partial charge in [-0.25, -0.2) is 4.79 Å². The lowest BCUT2D eigenvalue weighted by atomic mass is 10.1. The van der Waals surface area contributed by atoms with E-state index in [4.69, 9.17) is 10.00 Å². The third-order valence-corrected chi connectivity index (χ3v) is 2.60. The summed E-state index contributed by atoms with van der Waals surface area (Å²) in [6, 6.07) is 9.74. The Labute approximate surface area is 108 Å². The van der Waals surface area contributed by atoms with E-state index in [-0.39, 0.29) is 6.42 Å². The van der Waals surface area contributed by atoms with Crippen molar-refractivity contribution in [3.63, 3.8) is 0 Å². The molecule has 0 bridgehead atoms. The summed E-state index contributed by atoms with van der Waals surface area (Å²) in [5.74, 6) is 0. The van der Waals surface area contributed by atoms with Crippen LogP contribution >= 0.6 is 0 Å². The maximum Gasteiger partial charge on any atom is 0.414 e. The maximum atomic E-state index is 11.9. The summed E-state index contributed by atoms with van der Waals surface area (Å²) in [4.78, 5) is 13.4. The minimum absolute atomic E-state index is 0.289. The molecule has 96 valence electrons. The molecule has 0 fully saturated rings. The van der Waals surface area contributed by atoms with Gasteiger partial charge in [-0.05, 0) is 25.0 Å². The number of ether oxygens (including phenoxy) is 1. The predicted octanol–water partition coefficient (Wildman–Crippen LogP) is 3.13. The number of rotatable bonds is 5. The van der Waals surface area contributed by atoms with Crippen molar-refractivity contribution in [3.05, 3.63) is 29.8 Å². The first-order valence-electron chi connectivity index (χ1n) is 6.13. The highest BCUT2D eigenvalue weighted by Gasteiger charge is 2.18. The fourth-order valence-electron chi connectivity index (χ4n) is 1.75. The molecule has 0 saturated heterocycles. The number of carbonyl (C=O) groups excluding carboxylic acids is 1. The highest BCUT2D eigenvalue weighted by atomic mass is 16.6. The Morgan fingerprint density at radius 2 is 2.11 bits per heavy atom. The van der Waals surface area contributed by atoms with E-state index >= 15 is 0 Å². The standard InChI is InChI=1S/C14H18N2O2/c1-3-12-8-5-6-9-13(12)16(11-7-10-15)14(17)18-4-2/h5-6,8-9H,3-4,7,11H2,1-2H3. The van der Waals surface area contributed by atoms with Crippen LogP contribution in [0.25, 0.3) is 0 Å². The lowest BCUT2D eigenvalue weighted by molar-refractivity contribution is 0.160. The van der Waals surface area contributed by atoms with Gasteiger partial charge in [-0.3, -0.25) is 4.90 Å². The molecule has 0 unspecified atom stereocenters. The van der Waals surface area contributed by atoms with Crippen molar-refractivity contribution in [3.8, 4) is 6.07 Å². The Hall–Kier alpha value is -2.02. The molecule has 0 aliphatic heterocycles. The Kier molecular flexibility index (Phi) is 5.72. The molecule has 0 radical (unpaired) electrons. The van der Waals surface area contributed by atoms with Crippen LogP contribution in [-0.2, 0) is 11.2 Å². The van der Waals surface area contributed by atoms with Crippen molar-refractivity contribution >= 4 is 11.8 Å². The van der Waals surface area contributed by atoms with Gasteiger partial charge in [0.2, 0.25) is 0 Å². The minimum atomic E-state index is -0.395. The van der Waals surface area contributed by atoms with Gasteiger partial charge in [0, 0.05) is 6.54 Å². The number of para-hydroxylation sites is 1. The maximum absolute atomic E-state index is 11.9. The number of carbonyl (C=O) groups is 1. The lowest BCUT2D eigenvalue weighted by Gasteiger charge is -2.23. The van der Waals surface area contributed by atoms with E-state index in [0.29, 0.717) is 13.2 Å². The van der Waals surface area contributed by atoms with Crippen LogP contribution in [0.15, 0.2) is 24.3 Å². The van der Waals surface area contributed by atoms with E-state index < -0.39 is 6.09 Å². The molecule has 0 aliphatic carbocycles. The van der Waals surface area contributed by atoms with Gasteiger partial charge in [-0.1, -0.05) is 25.1 Å². The number of nitrogens with zero attached hydrogens (tertiary/aromatic N) is 2. The first-order valence-corrected chi connectivity index (χ1v) is 6.13. The molecule has 0 spiro atoms. The molecular formula is C14H18N2O2. The molecule has 1 amide bonds. The third-order valence-electron chi connectivity index (χ3n) is 2.60. The van der Waals surface area contributed by atoms with Crippen LogP contribution < -0.4 is 4.90 Å². The number of benzene rings is 1. The molecule has 0 N–H and O–H groups in total. The lowest BCUT2D eigenvalue weighted by Crippen LogP contribution is -2.33. The predicted molar refractivity (Wildman–Crippen MR) is 70.4 cm³/mol. The molecule has 0 atom stereocenters.